The van der Waals surface area contributed by atoms with Gasteiger partial charge in [-0.1, -0.05) is 54.6 Å². The van der Waals surface area contributed by atoms with E-state index in [1.807, 2.05) is 24.3 Å². The first kappa shape index (κ1) is 26.1. The third kappa shape index (κ3) is 6.69. The summed E-state index contributed by atoms with van der Waals surface area (Å²) in [7, 11) is 0. The molecule has 0 atom stereocenters. The fourth-order valence-corrected chi connectivity index (χ4v) is 4.84. The molecule has 2 N–H and O–H groups in total. The summed E-state index contributed by atoms with van der Waals surface area (Å²) >= 11 is 0. The molecule has 0 spiro atoms. The van der Waals surface area contributed by atoms with Crippen LogP contribution in [0, 0.1) is 13.8 Å². The normalized spacial score (nSPS) is 10.9. The number of phenols is 2. The van der Waals surface area contributed by atoms with Crippen LogP contribution in [0.1, 0.15) is 33.4 Å². The van der Waals surface area contributed by atoms with Crippen molar-refractivity contribution in [2.75, 3.05) is 4.90 Å². The third-order valence-electron chi connectivity index (χ3n) is 7.42. The highest BCUT2D eigenvalue weighted by atomic mass is 16.3. The Kier molecular flexibility index (Phi) is 7.98. The molecule has 3 nitrogen and oxygen atoms in total. The molecule has 0 saturated heterocycles. The SMILES string of the molecule is Cc1ccc(N(c2ccc(CCc3ccc(O)cc3)cc2)c2ccc(CCc3ccc(O)cc3)cc2)cc1C. The Morgan fingerprint density at radius 2 is 0.744 bits per heavy atom. The predicted molar refractivity (Wildman–Crippen MR) is 162 cm³/mol. The van der Waals surface area contributed by atoms with Crippen molar-refractivity contribution >= 4 is 17.1 Å². The molecule has 39 heavy (non-hydrogen) atoms. The van der Waals surface area contributed by atoms with Crippen LogP contribution in [0.5, 0.6) is 11.5 Å². The molecule has 0 unspecified atom stereocenters. The molecule has 0 bridgehead atoms. The standard InChI is InChI=1S/C36H35NO2/c1-26-3-16-34(25-27(26)2)37(32-17-8-28(9-18-32)4-6-30-12-21-35(38)22-13-30)33-19-10-29(11-20-33)5-7-31-14-23-36(39)24-15-31/h3,8-25,38-39H,4-7H2,1-2H3. The summed E-state index contributed by atoms with van der Waals surface area (Å²) in [6.07, 6.45) is 3.77. The number of hydrogen-bond donors (Lipinski definition) is 2. The van der Waals surface area contributed by atoms with E-state index in [4.69, 9.17) is 0 Å². The van der Waals surface area contributed by atoms with Crippen LogP contribution in [0.3, 0.4) is 0 Å². The monoisotopic (exact) mass is 513 g/mol. The van der Waals surface area contributed by atoms with Gasteiger partial charge in [-0.05, 0) is 134 Å². The minimum absolute atomic E-state index is 0.305. The van der Waals surface area contributed by atoms with Gasteiger partial charge in [0.25, 0.3) is 0 Å². The molecule has 0 aromatic heterocycles. The molecule has 0 heterocycles. The second-order valence-electron chi connectivity index (χ2n) is 10.3. The lowest BCUT2D eigenvalue weighted by Gasteiger charge is -2.26. The number of aromatic hydroxyl groups is 2. The maximum absolute atomic E-state index is 9.53. The number of benzene rings is 5. The van der Waals surface area contributed by atoms with Crippen molar-refractivity contribution in [2.45, 2.75) is 39.5 Å². The summed E-state index contributed by atoms with van der Waals surface area (Å²) in [5, 5.41) is 19.1. The lowest BCUT2D eigenvalue weighted by Crippen LogP contribution is -2.10. The van der Waals surface area contributed by atoms with Gasteiger partial charge in [0.15, 0.2) is 0 Å². The summed E-state index contributed by atoms with van der Waals surface area (Å²) in [5.74, 6) is 0.611. The van der Waals surface area contributed by atoms with Crippen LogP contribution in [0.25, 0.3) is 0 Å². The maximum atomic E-state index is 9.53. The zero-order valence-electron chi connectivity index (χ0n) is 22.6. The Bertz CT molecular complexity index is 1410. The molecule has 0 aliphatic rings. The van der Waals surface area contributed by atoms with E-state index < -0.39 is 0 Å². The van der Waals surface area contributed by atoms with E-state index >= 15 is 0 Å². The van der Waals surface area contributed by atoms with Crippen molar-refractivity contribution in [3.63, 3.8) is 0 Å². The lowest BCUT2D eigenvalue weighted by molar-refractivity contribution is 0.474. The molecule has 0 radical (unpaired) electrons. The van der Waals surface area contributed by atoms with Crippen molar-refractivity contribution in [1.29, 1.82) is 0 Å². The summed E-state index contributed by atoms with van der Waals surface area (Å²) < 4.78 is 0. The number of hydrogen-bond acceptors (Lipinski definition) is 3. The van der Waals surface area contributed by atoms with E-state index in [1.54, 1.807) is 24.3 Å². The predicted octanol–water partition coefficient (Wildman–Crippen LogP) is 8.75. The molecule has 5 aromatic rings. The highest BCUT2D eigenvalue weighted by Gasteiger charge is 2.13. The molecule has 0 amide bonds. The molecule has 0 fully saturated rings. The van der Waals surface area contributed by atoms with Crippen LogP contribution in [0.4, 0.5) is 17.1 Å². The zero-order valence-corrected chi connectivity index (χ0v) is 22.6. The molecule has 0 saturated carbocycles. The summed E-state index contributed by atoms with van der Waals surface area (Å²) in [6.45, 7) is 4.31. The average Bonchev–Trinajstić information content (AvgIpc) is 2.96. The second-order valence-corrected chi connectivity index (χ2v) is 10.3. The lowest BCUT2D eigenvalue weighted by atomic mass is 10.0. The van der Waals surface area contributed by atoms with Crippen LogP contribution in [0.15, 0.2) is 115 Å². The van der Waals surface area contributed by atoms with E-state index in [0.717, 1.165) is 42.7 Å². The van der Waals surface area contributed by atoms with Crippen LogP contribution in [-0.4, -0.2) is 10.2 Å². The summed E-state index contributed by atoms with van der Waals surface area (Å²) in [5.41, 5.74) is 11.0. The van der Waals surface area contributed by atoms with Crippen molar-refractivity contribution in [3.8, 4) is 11.5 Å². The molecule has 196 valence electrons. The van der Waals surface area contributed by atoms with Crippen molar-refractivity contribution < 1.29 is 10.2 Å². The number of nitrogens with zero attached hydrogens (tertiary/aromatic N) is 1. The number of anilines is 3. The van der Waals surface area contributed by atoms with Gasteiger partial charge in [-0.2, -0.15) is 0 Å². The highest BCUT2D eigenvalue weighted by Crippen LogP contribution is 2.36. The summed E-state index contributed by atoms with van der Waals surface area (Å²) in [6, 6.07) is 39.3. The second kappa shape index (κ2) is 11.9. The molecule has 5 rings (SSSR count). The summed E-state index contributed by atoms with van der Waals surface area (Å²) in [4.78, 5) is 2.32. The van der Waals surface area contributed by atoms with E-state index in [9.17, 15) is 10.2 Å². The smallest absolute Gasteiger partial charge is 0.115 e. The molecular weight excluding hydrogens is 478 g/mol. The fourth-order valence-electron chi connectivity index (χ4n) is 4.84. The van der Waals surface area contributed by atoms with Gasteiger partial charge in [0.05, 0.1) is 0 Å². The Morgan fingerprint density at radius 1 is 0.410 bits per heavy atom. The topological polar surface area (TPSA) is 43.7 Å². The van der Waals surface area contributed by atoms with Crippen molar-refractivity contribution in [3.05, 3.63) is 149 Å². The largest absolute Gasteiger partial charge is 0.508 e. The third-order valence-corrected chi connectivity index (χ3v) is 7.42. The number of aryl methyl sites for hydroxylation is 6. The van der Waals surface area contributed by atoms with Gasteiger partial charge in [0, 0.05) is 17.1 Å². The van der Waals surface area contributed by atoms with Crippen LogP contribution >= 0.6 is 0 Å². The first-order valence-corrected chi connectivity index (χ1v) is 13.6. The van der Waals surface area contributed by atoms with E-state index in [1.165, 1.54) is 33.4 Å². The zero-order chi connectivity index (χ0) is 27.2. The molecule has 0 aliphatic heterocycles. The van der Waals surface area contributed by atoms with Gasteiger partial charge in [0.2, 0.25) is 0 Å². The van der Waals surface area contributed by atoms with Gasteiger partial charge in [-0.25, -0.2) is 0 Å². The maximum Gasteiger partial charge on any atom is 0.115 e. The number of phenolic OH excluding ortho intramolecular Hbond substituents is 2. The van der Waals surface area contributed by atoms with E-state index in [2.05, 4.69) is 85.5 Å². The van der Waals surface area contributed by atoms with Crippen molar-refractivity contribution in [2.24, 2.45) is 0 Å². The molecule has 3 heteroatoms. The van der Waals surface area contributed by atoms with Crippen LogP contribution < -0.4 is 4.90 Å². The van der Waals surface area contributed by atoms with Gasteiger partial charge < -0.3 is 15.1 Å². The molecular formula is C36H35NO2. The average molecular weight is 514 g/mol. The Labute approximate surface area is 231 Å². The molecule has 5 aromatic carbocycles. The van der Waals surface area contributed by atoms with Gasteiger partial charge in [-0.3, -0.25) is 0 Å². The fraction of sp³-hybridized carbons (Fsp3) is 0.167. The van der Waals surface area contributed by atoms with Crippen LogP contribution in [-0.2, 0) is 25.7 Å². The van der Waals surface area contributed by atoms with E-state index in [-0.39, 0.29) is 0 Å². The first-order chi connectivity index (χ1) is 18.9. The minimum Gasteiger partial charge on any atom is -0.508 e. The first-order valence-electron chi connectivity index (χ1n) is 13.6. The van der Waals surface area contributed by atoms with Gasteiger partial charge in [-0.15, -0.1) is 0 Å². The van der Waals surface area contributed by atoms with E-state index in [0.29, 0.717) is 11.5 Å². The quantitative estimate of drug-likeness (QED) is 0.207. The molecule has 0 aliphatic carbocycles. The Hall–Kier alpha value is -4.50. The minimum atomic E-state index is 0.305. The van der Waals surface area contributed by atoms with Crippen LogP contribution in [0.2, 0.25) is 0 Å². The van der Waals surface area contributed by atoms with Gasteiger partial charge >= 0.3 is 0 Å². The number of rotatable bonds is 9. The highest BCUT2D eigenvalue weighted by molar-refractivity contribution is 5.77. The Morgan fingerprint density at radius 3 is 1.10 bits per heavy atom. The van der Waals surface area contributed by atoms with Gasteiger partial charge in [0.1, 0.15) is 11.5 Å². The van der Waals surface area contributed by atoms with Crippen molar-refractivity contribution in [1.82, 2.24) is 0 Å². The Balaban J connectivity index is 1.35.